The van der Waals surface area contributed by atoms with Crippen molar-refractivity contribution in [3.05, 3.63) is 58.9 Å². The fraction of sp³-hybridized carbons (Fsp3) is 0.125. The van der Waals surface area contributed by atoms with Gasteiger partial charge >= 0.3 is 5.97 Å². The van der Waals surface area contributed by atoms with Gasteiger partial charge in [0.2, 0.25) is 0 Å². The molecule has 2 N–H and O–H groups in total. The van der Waals surface area contributed by atoms with Gasteiger partial charge in [-0.25, -0.2) is 9.18 Å². The van der Waals surface area contributed by atoms with Gasteiger partial charge in [0.05, 0.1) is 22.9 Å². The number of anilines is 2. The number of hydrogen-bond donors (Lipinski definition) is 2. The Bertz CT molecular complexity index is 740. The summed E-state index contributed by atoms with van der Waals surface area (Å²) in [6.45, 7) is 2.03. The minimum atomic E-state index is -0.585. The van der Waals surface area contributed by atoms with E-state index in [4.69, 9.17) is 28.6 Å². The van der Waals surface area contributed by atoms with Crippen molar-refractivity contribution >= 4 is 46.3 Å². The van der Waals surface area contributed by atoms with E-state index in [2.05, 4.69) is 10.6 Å². The number of carbonyl (C=O) groups excluding carboxylic acids is 1. The lowest BCUT2D eigenvalue weighted by molar-refractivity contribution is 0.0526. The molecule has 7 heteroatoms. The number of ether oxygens (including phenoxy) is 1. The second kappa shape index (κ2) is 7.89. The molecule has 2 aromatic carbocycles. The number of hydrogen-bond acceptors (Lipinski definition) is 3. The fourth-order valence-corrected chi connectivity index (χ4v) is 2.23. The molecule has 0 aliphatic rings. The second-order valence-corrected chi connectivity index (χ2v) is 5.30. The monoisotopic (exact) mass is 352 g/mol. The highest BCUT2D eigenvalue weighted by Crippen LogP contribution is 2.22. The smallest absolute Gasteiger partial charge is 0.338 e. The average Bonchev–Trinajstić information content (AvgIpc) is 2.52. The molecule has 2 aromatic rings. The van der Waals surface area contributed by atoms with E-state index in [0.717, 1.165) is 0 Å². The Morgan fingerprint density at radius 3 is 2.74 bits per heavy atom. The van der Waals surface area contributed by atoms with Crippen LogP contribution in [0.3, 0.4) is 0 Å². The van der Waals surface area contributed by atoms with E-state index in [9.17, 15) is 9.18 Å². The van der Waals surface area contributed by atoms with Crippen molar-refractivity contribution in [3.63, 3.8) is 0 Å². The van der Waals surface area contributed by atoms with Gasteiger partial charge in [0.1, 0.15) is 0 Å². The van der Waals surface area contributed by atoms with Crippen molar-refractivity contribution in [2.75, 3.05) is 17.2 Å². The Kier molecular flexibility index (Phi) is 5.90. The quantitative estimate of drug-likeness (QED) is 0.628. The molecule has 0 heterocycles. The summed E-state index contributed by atoms with van der Waals surface area (Å²) in [5, 5.41) is 5.77. The molecule has 0 amide bonds. The summed E-state index contributed by atoms with van der Waals surface area (Å²) in [5.74, 6) is -1.01. The number of thiocarbonyl (C=S) groups is 1. The Hall–Kier alpha value is -2.18. The van der Waals surface area contributed by atoms with Crippen LogP contribution in [-0.4, -0.2) is 17.7 Å². The maximum atomic E-state index is 13.8. The van der Waals surface area contributed by atoms with Gasteiger partial charge in [-0.15, -0.1) is 0 Å². The zero-order valence-corrected chi connectivity index (χ0v) is 13.8. The van der Waals surface area contributed by atoms with Gasteiger partial charge in [0.25, 0.3) is 0 Å². The Morgan fingerprint density at radius 1 is 1.26 bits per heavy atom. The van der Waals surface area contributed by atoms with E-state index in [1.165, 1.54) is 12.1 Å². The summed E-state index contributed by atoms with van der Waals surface area (Å²) in [5.41, 5.74) is 1.14. The molecule has 0 saturated carbocycles. The number of nitrogens with one attached hydrogen (secondary N) is 2. The molecule has 0 aromatic heterocycles. The number of esters is 1. The standard InChI is InChI=1S/C16H14ClFN2O2S/c1-2-22-15(21)10-5-3-6-11(9-10)19-16(23)20-13-8-4-7-12(17)14(13)18/h3-9H,2H2,1H3,(H2,19,20,23). The molecule has 23 heavy (non-hydrogen) atoms. The van der Waals surface area contributed by atoms with E-state index in [1.54, 1.807) is 37.3 Å². The summed E-state index contributed by atoms with van der Waals surface area (Å²) in [4.78, 5) is 11.7. The SMILES string of the molecule is CCOC(=O)c1cccc(NC(=S)Nc2cccc(Cl)c2F)c1. The summed E-state index contributed by atoms with van der Waals surface area (Å²) in [6, 6.07) is 11.2. The highest BCUT2D eigenvalue weighted by atomic mass is 35.5. The zero-order chi connectivity index (χ0) is 16.8. The number of benzene rings is 2. The van der Waals surface area contributed by atoms with Crippen LogP contribution in [-0.2, 0) is 4.74 Å². The van der Waals surface area contributed by atoms with Crippen LogP contribution in [0.1, 0.15) is 17.3 Å². The fourth-order valence-electron chi connectivity index (χ4n) is 1.82. The van der Waals surface area contributed by atoms with Crippen molar-refractivity contribution < 1.29 is 13.9 Å². The maximum absolute atomic E-state index is 13.8. The van der Waals surface area contributed by atoms with Gasteiger partial charge in [0.15, 0.2) is 10.9 Å². The molecule has 120 valence electrons. The normalized spacial score (nSPS) is 10.0. The molecule has 0 saturated heterocycles. The number of carbonyl (C=O) groups is 1. The van der Waals surface area contributed by atoms with Gasteiger partial charge in [-0.3, -0.25) is 0 Å². The first-order chi connectivity index (χ1) is 11.0. The Balaban J connectivity index is 2.07. The van der Waals surface area contributed by atoms with Crippen LogP contribution in [0.25, 0.3) is 0 Å². The van der Waals surface area contributed by atoms with E-state index >= 15 is 0 Å². The van der Waals surface area contributed by atoms with E-state index in [0.29, 0.717) is 17.9 Å². The molecule has 0 radical (unpaired) electrons. The first-order valence-electron chi connectivity index (χ1n) is 6.80. The number of rotatable bonds is 4. The first kappa shape index (κ1) is 17.2. The summed E-state index contributed by atoms with van der Waals surface area (Å²) >= 11 is 10.8. The van der Waals surface area contributed by atoms with Crippen LogP contribution < -0.4 is 10.6 Å². The Labute approximate surface area is 143 Å². The molecule has 0 spiro atoms. The lowest BCUT2D eigenvalue weighted by atomic mass is 10.2. The lowest BCUT2D eigenvalue weighted by Crippen LogP contribution is -2.20. The van der Waals surface area contributed by atoms with Crippen LogP contribution in [0.15, 0.2) is 42.5 Å². The van der Waals surface area contributed by atoms with Crippen molar-refractivity contribution in [3.8, 4) is 0 Å². The molecule has 0 aliphatic heterocycles. The number of halogens is 2. The minimum Gasteiger partial charge on any atom is -0.462 e. The maximum Gasteiger partial charge on any atom is 0.338 e. The molecule has 0 aliphatic carbocycles. The van der Waals surface area contributed by atoms with Crippen LogP contribution in [0.5, 0.6) is 0 Å². The van der Waals surface area contributed by atoms with Gasteiger partial charge in [0, 0.05) is 5.69 Å². The third-order valence-corrected chi connectivity index (χ3v) is 3.33. The van der Waals surface area contributed by atoms with Crippen LogP contribution >= 0.6 is 23.8 Å². The molecular formula is C16H14ClFN2O2S. The second-order valence-electron chi connectivity index (χ2n) is 4.48. The predicted octanol–water partition coefficient (Wildman–Crippen LogP) is 4.46. The predicted molar refractivity (Wildman–Crippen MR) is 93.7 cm³/mol. The van der Waals surface area contributed by atoms with Crippen LogP contribution in [0.4, 0.5) is 15.8 Å². The minimum absolute atomic E-state index is 0.00195. The van der Waals surface area contributed by atoms with Gasteiger partial charge in [-0.05, 0) is 49.5 Å². The average molecular weight is 353 g/mol. The highest BCUT2D eigenvalue weighted by Gasteiger charge is 2.09. The largest absolute Gasteiger partial charge is 0.462 e. The molecule has 2 rings (SSSR count). The van der Waals surface area contributed by atoms with Crippen molar-refractivity contribution in [1.29, 1.82) is 0 Å². The van der Waals surface area contributed by atoms with Gasteiger partial charge in [-0.2, -0.15) is 0 Å². The first-order valence-corrected chi connectivity index (χ1v) is 7.59. The summed E-state index contributed by atoms with van der Waals surface area (Å²) < 4.78 is 18.7. The molecule has 4 nitrogen and oxygen atoms in total. The third-order valence-electron chi connectivity index (χ3n) is 2.83. The van der Waals surface area contributed by atoms with Gasteiger partial charge < -0.3 is 15.4 Å². The van der Waals surface area contributed by atoms with E-state index in [1.807, 2.05) is 0 Å². The molecule has 0 fully saturated rings. The van der Waals surface area contributed by atoms with E-state index < -0.39 is 11.8 Å². The highest BCUT2D eigenvalue weighted by molar-refractivity contribution is 7.80. The lowest BCUT2D eigenvalue weighted by Gasteiger charge is -2.12. The van der Waals surface area contributed by atoms with Crippen molar-refractivity contribution in [2.45, 2.75) is 6.92 Å². The molecular weight excluding hydrogens is 339 g/mol. The molecule has 0 bridgehead atoms. The molecule has 0 unspecified atom stereocenters. The summed E-state index contributed by atoms with van der Waals surface area (Å²) in [7, 11) is 0. The van der Waals surface area contributed by atoms with Crippen molar-refractivity contribution in [1.82, 2.24) is 0 Å². The van der Waals surface area contributed by atoms with E-state index in [-0.39, 0.29) is 15.8 Å². The Morgan fingerprint density at radius 2 is 2.00 bits per heavy atom. The molecule has 0 atom stereocenters. The topological polar surface area (TPSA) is 50.4 Å². The summed E-state index contributed by atoms with van der Waals surface area (Å²) in [6.07, 6.45) is 0. The third kappa shape index (κ3) is 4.64. The zero-order valence-electron chi connectivity index (χ0n) is 12.2. The van der Waals surface area contributed by atoms with Crippen LogP contribution in [0.2, 0.25) is 5.02 Å². The van der Waals surface area contributed by atoms with Crippen molar-refractivity contribution in [2.24, 2.45) is 0 Å². The van der Waals surface area contributed by atoms with Gasteiger partial charge in [-0.1, -0.05) is 23.7 Å². The van der Waals surface area contributed by atoms with Crippen LogP contribution in [0, 0.1) is 5.82 Å².